The van der Waals surface area contributed by atoms with Gasteiger partial charge in [0, 0.05) is 38.4 Å². The van der Waals surface area contributed by atoms with E-state index in [0.29, 0.717) is 31.4 Å². The predicted molar refractivity (Wildman–Crippen MR) is 132 cm³/mol. The highest BCUT2D eigenvalue weighted by Crippen LogP contribution is 2.29. The topological polar surface area (TPSA) is 49.4 Å². The third kappa shape index (κ3) is 7.76. The molecule has 168 valence electrons. The van der Waals surface area contributed by atoms with Gasteiger partial charge in [0.25, 0.3) is 0 Å². The minimum Gasteiger partial charge on any atom is -0.352 e. The molecule has 0 saturated carbocycles. The van der Waals surface area contributed by atoms with E-state index in [1.165, 1.54) is 16.7 Å². The molecular weight excluding hydrogens is 498 g/mol. The highest BCUT2D eigenvalue weighted by Gasteiger charge is 2.27. The Morgan fingerprint density at radius 2 is 1.65 bits per heavy atom. The maximum atomic E-state index is 13.1. The number of carbonyl (C=O) groups is 2. The van der Waals surface area contributed by atoms with Gasteiger partial charge in [-0.15, -0.1) is 11.8 Å². The van der Waals surface area contributed by atoms with Gasteiger partial charge in [0.15, 0.2) is 0 Å². The van der Waals surface area contributed by atoms with Crippen LogP contribution in [0.25, 0.3) is 0 Å². The van der Waals surface area contributed by atoms with Crippen LogP contribution in [0.5, 0.6) is 0 Å². The van der Waals surface area contributed by atoms with Crippen molar-refractivity contribution in [2.24, 2.45) is 0 Å². The van der Waals surface area contributed by atoms with E-state index in [-0.39, 0.29) is 30.2 Å². The molecule has 2 rings (SSSR count). The van der Waals surface area contributed by atoms with Crippen molar-refractivity contribution in [3.05, 3.63) is 67.6 Å². The van der Waals surface area contributed by atoms with Crippen molar-refractivity contribution < 1.29 is 9.59 Å². The van der Waals surface area contributed by atoms with E-state index in [0.717, 1.165) is 5.56 Å². The highest BCUT2D eigenvalue weighted by atomic mass is 35.5. The van der Waals surface area contributed by atoms with E-state index in [1.54, 1.807) is 43.3 Å². The summed E-state index contributed by atoms with van der Waals surface area (Å²) >= 11 is 26.1. The Bertz CT molecular complexity index is 919. The Hall–Kier alpha value is -1.11. The van der Waals surface area contributed by atoms with E-state index in [9.17, 15) is 9.59 Å². The minimum atomic E-state index is -0.675. The van der Waals surface area contributed by atoms with Crippen LogP contribution in [0.3, 0.4) is 0 Å². The average molecular weight is 522 g/mol. The van der Waals surface area contributed by atoms with Crippen LogP contribution < -0.4 is 5.32 Å². The SMILES string of the molecule is CC(C)NC(=O)[C@@H](C)N(Cc1ccc(Cl)cc1Cl)C(=O)CSCc1c(Cl)cccc1Cl. The van der Waals surface area contributed by atoms with Crippen LogP contribution in [0.4, 0.5) is 0 Å². The summed E-state index contributed by atoms with van der Waals surface area (Å²) in [6.07, 6.45) is 0. The molecule has 2 aromatic carbocycles. The van der Waals surface area contributed by atoms with E-state index in [2.05, 4.69) is 5.32 Å². The number of nitrogens with zero attached hydrogens (tertiary/aromatic N) is 1. The molecule has 0 bridgehead atoms. The third-order valence-electron chi connectivity index (χ3n) is 4.49. The first-order valence-electron chi connectivity index (χ1n) is 9.64. The molecule has 0 fully saturated rings. The van der Waals surface area contributed by atoms with E-state index in [4.69, 9.17) is 46.4 Å². The summed E-state index contributed by atoms with van der Waals surface area (Å²) in [5, 5.41) is 4.92. The maximum Gasteiger partial charge on any atom is 0.242 e. The predicted octanol–water partition coefficient (Wildman–Crippen LogP) is 6.48. The summed E-state index contributed by atoms with van der Waals surface area (Å²) in [4.78, 5) is 27.2. The standard InChI is InChI=1S/C22H24Cl4N2O2S/c1-13(2)27-22(30)14(3)28(10-15-7-8-16(23)9-20(15)26)21(29)12-31-11-17-18(24)5-4-6-19(17)25/h4-9,13-14H,10-12H2,1-3H3,(H,27,30)/t14-/m1/s1. The number of rotatable bonds is 9. The summed E-state index contributed by atoms with van der Waals surface area (Å²) in [5.74, 6) is 0.219. The zero-order chi connectivity index (χ0) is 23.1. The van der Waals surface area contributed by atoms with Gasteiger partial charge >= 0.3 is 0 Å². The first kappa shape index (κ1) is 26.1. The smallest absolute Gasteiger partial charge is 0.242 e. The molecule has 2 amide bonds. The summed E-state index contributed by atoms with van der Waals surface area (Å²) in [7, 11) is 0. The van der Waals surface area contributed by atoms with Crippen molar-refractivity contribution in [3.8, 4) is 0 Å². The molecule has 0 aliphatic carbocycles. The van der Waals surface area contributed by atoms with Gasteiger partial charge < -0.3 is 10.2 Å². The van der Waals surface area contributed by atoms with Gasteiger partial charge in [-0.05, 0) is 56.2 Å². The summed E-state index contributed by atoms with van der Waals surface area (Å²) < 4.78 is 0. The van der Waals surface area contributed by atoms with Crippen molar-refractivity contribution in [3.63, 3.8) is 0 Å². The lowest BCUT2D eigenvalue weighted by molar-refractivity contribution is -0.138. The molecule has 0 aliphatic rings. The number of thioether (sulfide) groups is 1. The highest BCUT2D eigenvalue weighted by molar-refractivity contribution is 7.99. The summed E-state index contributed by atoms with van der Waals surface area (Å²) in [5.41, 5.74) is 1.49. The fourth-order valence-electron chi connectivity index (χ4n) is 2.81. The largest absolute Gasteiger partial charge is 0.352 e. The molecule has 0 radical (unpaired) electrons. The second-order valence-corrected chi connectivity index (χ2v) is 9.93. The molecule has 0 aliphatic heterocycles. The molecule has 2 aromatic rings. The molecule has 0 saturated heterocycles. The lowest BCUT2D eigenvalue weighted by Crippen LogP contribution is -2.49. The number of hydrogen-bond acceptors (Lipinski definition) is 3. The van der Waals surface area contributed by atoms with Crippen LogP contribution in [0.2, 0.25) is 20.1 Å². The molecule has 31 heavy (non-hydrogen) atoms. The van der Waals surface area contributed by atoms with Crippen molar-refractivity contribution in [1.82, 2.24) is 10.2 Å². The third-order valence-corrected chi connectivity index (χ3v) is 6.73. The molecule has 1 N–H and O–H groups in total. The molecule has 9 heteroatoms. The summed E-state index contributed by atoms with van der Waals surface area (Å²) in [6.45, 7) is 5.63. The lowest BCUT2D eigenvalue weighted by Gasteiger charge is -2.29. The number of amides is 2. The lowest BCUT2D eigenvalue weighted by atomic mass is 10.1. The number of hydrogen-bond donors (Lipinski definition) is 1. The van der Waals surface area contributed by atoms with E-state index < -0.39 is 6.04 Å². The molecule has 4 nitrogen and oxygen atoms in total. The van der Waals surface area contributed by atoms with Gasteiger partial charge in [0.1, 0.15) is 6.04 Å². The van der Waals surface area contributed by atoms with Gasteiger partial charge in [-0.25, -0.2) is 0 Å². The van der Waals surface area contributed by atoms with Gasteiger partial charge in [-0.1, -0.05) is 58.5 Å². The van der Waals surface area contributed by atoms with Gasteiger partial charge in [-0.3, -0.25) is 9.59 Å². The van der Waals surface area contributed by atoms with E-state index in [1.807, 2.05) is 13.8 Å². The van der Waals surface area contributed by atoms with E-state index >= 15 is 0 Å². The monoisotopic (exact) mass is 520 g/mol. The van der Waals surface area contributed by atoms with Crippen LogP contribution in [0.15, 0.2) is 36.4 Å². The Morgan fingerprint density at radius 1 is 1.00 bits per heavy atom. The molecular formula is C22H24Cl4N2O2S. The zero-order valence-electron chi connectivity index (χ0n) is 17.4. The van der Waals surface area contributed by atoms with Crippen molar-refractivity contribution in [1.29, 1.82) is 0 Å². The van der Waals surface area contributed by atoms with Crippen LogP contribution in [-0.4, -0.2) is 34.6 Å². The fraction of sp³-hybridized carbons (Fsp3) is 0.364. The Kier molecular flexibility index (Phi) is 10.3. The summed E-state index contributed by atoms with van der Waals surface area (Å²) in [6, 6.07) is 9.67. The van der Waals surface area contributed by atoms with Crippen LogP contribution in [-0.2, 0) is 21.9 Å². The van der Waals surface area contributed by atoms with Crippen LogP contribution in [0.1, 0.15) is 31.9 Å². The zero-order valence-corrected chi connectivity index (χ0v) is 21.3. The molecule has 0 unspecified atom stereocenters. The minimum absolute atomic E-state index is 0.0391. The Labute approximate surface area is 207 Å². The second-order valence-electron chi connectivity index (χ2n) is 7.29. The Morgan fingerprint density at radius 3 is 2.23 bits per heavy atom. The first-order chi connectivity index (χ1) is 14.6. The van der Waals surface area contributed by atoms with Crippen LogP contribution >= 0.6 is 58.2 Å². The second kappa shape index (κ2) is 12.2. The van der Waals surface area contributed by atoms with Crippen molar-refractivity contribution in [2.75, 3.05) is 5.75 Å². The van der Waals surface area contributed by atoms with Crippen molar-refractivity contribution in [2.45, 2.75) is 45.2 Å². The van der Waals surface area contributed by atoms with Gasteiger partial charge in [-0.2, -0.15) is 0 Å². The molecule has 0 heterocycles. The number of nitrogens with one attached hydrogen (secondary N) is 1. The van der Waals surface area contributed by atoms with Crippen molar-refractivity contribution >= 4 is 70.0 Å². The maximum absolute atomic E-state index is 13.1. The molecule has 1 atom stereocenters. The number of halogens is 4. The quantitative estimate of drug-likeness (QED) is 0.411. The number of benzene rings is 2. The van der Waals surface area contributed by atoms with Gasteiger partial charge in [0.2, 0.25) is 11.8 Å². The molecule has 0 spiro atoms. The van der Waals surface area contributed by atoms with Gasteiger partial charge in [0.05, 0.1) is 5.75 Å². The number of carbonyl (C=O) groups excluding carboxylic acids is 2. The fourth-order valence-corrected chi connectivity index (χ4v) is 4.93. The first-order valence-corrected chi connectivity index (χ1v) is 12.3. The molecule has 0 aromatic heterocycles. The normalized spacial score (nSPS) is 12.0. The Balaban J connectivity index is 2.15. The van der Waals surface area contributed by atoms with Crippen LogP contribution in [0, 0.1) is 0 Å². The average Bonchev–Trinajstić information content (AvgIpc) is 2.68.